The van der Waals surface area contributed by atoms with E-state index in [0.717, 1.165) is 44.6 Å². The number of hydrogen-bond donors (Lipinski definition) is 0. The zero-order chi connectivity index (χ0) is 27.6. The van der Waals surface area contributed by atoms with Crippen molar-refractivity contribution in [3.05, 3.63) is 146 Å². The molecule has 9 rings (SSSR count). The molecule has 0 N–H and O–H groups in total. The molecule has 0 aliphatic rings. The normalized spacial score (nSPS) is 11.8. The number of para-hydroxylation sites is 4. The molecule has 0 saturated carbocycles. The highest BCUT2D eigenvalue weighted by molar-refractivity contribution is 6.10. The Morgan fingerprint density at radius 1 is 0.381 bits per heavy atom. The lowest BCUT2D eigenvalue weighted by Gasteiger charge is -2.12. The van der Waals surface area contributed by atoms with E-state index < -0.39 is 0 Å². The lowest BCUT2D eigenvalue weighted by Crippen LogP contribution is -2.06. The summed E-state index contributed by atoms with van der Waals surface area (Å²) >= 11 is 0. The van der Waals surface area contributed by atoms with E-state index in [1.165, 1.54) is 33.0 Å². The fraction of sp³-hybridized carbons (Fsp3) is 0. The second-order valence-electron chi connectivity index (χ2n) is 10.7. The molecule has 0 spiro atoms. The number of hydrogen-bond acceptors (Lipinski definition) is 2. The highest BCUT2D eigenvalue weighted by Crippen LogP contribution is 2.36. The zero-order valence-electron chi connectivity index (χ0n) is 22.6. The van der Waals surface area contributed by atoms with E-state index in [1.54, 1.807) is 0 Å². The average Bonchev–Trinajstić information content (AvgIpc) is 3.61. The van der Waals surface area contributed by atoms with E-state index in [0.29, 0.717) is 0 Å². The smallest absolute Gasteiger partial charge is 0.221 e. The van der Waals surface area contributed by atoms with E-state index in [-0.39, 0.29) is 0 Å². The van der Waals surface area contributed by atoms with Crippen LogP contribution in [0.1, 0.15) is 0 Å². The van der Waals surface area contributed by atoms with Crippen molar-refractivity contribution >= 4 is 49.4 Å². The van der Waals surface area contributed by atoms with Crippen LogP contribution in [0.5, 0.6) is 0 Å². The lowest BCUT2D eigenvalue weighted by molar-refractivity contribution is 0.979. The molecule has 0 aliphatic heterocycles. The average molecular weight is 537 g/mol. The Hall–Kier alpha value is -5.74. The lowest BCUT2D eigenvalue weighted by atomic mass is 9.99. The molecule has 0 saturated heterocycles. The third-order valence-corrected chi connectivity index (χ3v) is 8.32. The Morgan fingerprint density at radius 2 is 0.952 bits per heavy atom. The van der Waals surface area contributed by atoms with Crippen LogP contribution in [0.3, 0.4) is 0 Å². The molecule has 3 aromatic heterocycles. The van der Waals surface area contributed by atoms with Crippen molar-refractivity contribution in [2.45, 2.75) is 0 Å². The Labute approximate surface area is 241 Å². The molecule has 3 heterocycles. The molecule has 9 aromatic rings. The minimum Gasteiger partial charge on any atom is -0.279 e. The fourth-order valence-corrected chi connectivity index (χ4v) is 6.33. The summed E-state index contributed by atoms with van der Waals surface area (Å²) in [5.41, 5.74) is 10.9. The Bertz CT molecular complexity index is 2450. The van der Waals surface area contributed by atoms with Crippen LogP contribution in [0.2, 0.25) is 0 Å². The number of benzene rings is 6. The van der Waals surface area contributed by atoms with Gasteiger partial charge in [0.2, 0.25) is 5.95 Å². The van der Waals surface area contributed by atoms with Crippen molar-refractivity contribution in [2.24, 2.45) is 0 Å². The number of aromatic nitrogens is 4. The number of nitrogens with zero attached hydrogens (tertiary/aromatic N) is 4. The molecule has 0 atom stereocenters. The van der Waals surface area contributed by atoms with Gasteiger partial charge in [-0.15, -0.1) is 0 Å². The molecule has 0 radical (unpaired) electrons. The SMILES string of the molecule is c1ccc(-c2ccc(-c3ccc4c(c3)c3ccccc3n4-c3nc4ccccc4c4nc5ccccc5n34)cc2)cc1. The van der Waals surface area contributed by atoms with Crippen LogP contribution >= 0.6 is 0 Å². The van der Waals surface area contributed by atoms with Crippen molar-refractivity contribution in [2.75, 3.05) is 0 Å². The summed E-state index contributed by atoms with van der Waals surface area (Å²) < 4.78 is 4.50. The fourth-order valence-electron chi connectivity index (χ4n) is 6.33. The minimum atomic E-state index is 0.837. The molecule has 0 amide bonds. The molecule has 196 valence electrons. The van der Waals surface area contributed by atoms with Gasteiger partial charge < -0.3 is 0 Å². The zero-order valence-corrected chi connectivity index (χ0v) is 22.6. The van der Waals surface area contributed by atoms with Gasteiger partial charge in [0.05, 0.1) is 27.6 Å². The monoisotopic (exact) mass is 536 g/mol. The summed E-state index contributed by atoms with van der Waals surface area (Å²) in [6.07, 6.45) is 0. The van der Waals surface area contributed by atoms with Gasteiger partial charge in [-0.1, -0.05) is 103 Å². The summed E-state index contributed by atoms with van der Waals surface area (Å²) in [6, 6.07) is 51.3. The highest BCUT2D eigenvalue weighted by Gasteiger charge is 2.20. The number of fused-ring (bicyclic) bond motifs is 8. The second kappa shape index (κ2) is 8.88. The molecule has 0 aliphatic carbocycles. The van der Waals surface area contributed by atoms with Crippen LogP contribution in [0.15, 0.2) is 146 Å². The Balaban J connectivity index is 1.30. The first-order valence-electron chi connectivity index (χ1n) is 14.2. The highest BCUT2D eigenvalue weighted by atomic mass is 15.2. The first-order valence-corrected chi connectivity index (χ1v) is 14.2. The predicted octanol–water partition coefficient (Wildman–Crippen LogP) is 9.47. The largest absolute Gasteiger partial charge is 0.279 e. The predicted molar refractivity (Wildman–Crippen MR) is 173 cm³/mol. The van der Waals surface area contributed by atoms with Gasteiger partial charge in [-0.25, -0.2) is 9.97 Å². The molecule has 42 heavy (non-hydrogen) atoms. The van der Waals surface area contributed by atoms with Gasteiger partial charge in [-0.05, 0) is 64.7 Å². The molecule has 0 fully saturated rings. The minimum absolute atomic E-state index is 0.837. The topological polar surface area (TPSA) is 35.1 Å². The van der Waals surface area contributed by atoms with Crippen molar-refractivity contribution in [3.8, 4) is 28.2 Å². The van der Waals surface area contributed by atoms with Crippen molar-refractivity contribution in [1.29, 1.82) is 0 Å². The summed E-state index contributed by atoms with van der Waals surface area (Å²) in [5.74, 6) is 0.837. The van der Waals surface area contributed by atoms with Crippen molar-refractivity contribution in [3.63, 3.8) is 0 Å². The van der Waals surface area contributed by atoms with Crippen LogP contribution in [0.4, 0.5) is 0 Å². The van der Waals surface area contributed by atoms with Gasteiger partial charge in [0.25, 0.3) is 0 Å². The van der Waals surface area contributed by atoms with Gasteiger partial charge >= 0.3 is 0 Å². The third-order valence-electron chi connectivity index (χ3n) is 8.32. The van der Waals surface area contributed by atoms with Crippen LogP contribution in [-0.4, -0.2) is 18.9 Å². The summed E-state index contributed by atoms with van der Waals surface area (Å²) in [6.45, 7) is 0. The van der Waals surface area contributed by atoms with Gasteiger partial charge in [0.15, 0.2) is 0 Å². The maximum Gasteiger partial charge on any atom is 0.221 e. The van der Waals surface area contributed by atoms with Crippen LogP contribution in [0, 0.1) is 0 Å². The van der Waals surface area contributed by atoms with Crippen LogP contribution in [0.25, 0.3) is 77.6 Å². The third kappa shape index (κ3) is 3.36. The van der Waals surface area contributed by atoms with Gasteiger partial charge in [-0.2, -0.15) is 0 Å². The molecule has 0 unspecified atom stereocenters. The molecular formula is C38H24N4. The number of imidazole rings is 1. The standard InChI is InChI=1S/C38H24N4/c1-2-10-25(11-3-1)26-18-20-27(21-19-26)28-22-23-35-31(24-28)29-12-5-8-16-34(29)41(35)38-40-32-14-6-4-13-30(32)37-39-33-15-7-9-17-36(33)42(37)38/h1-24H. The van der Waals surface area contributed by atoms with Crippen LogP contribution < -0.4 is 0 Å². The molecule has 4 heteroatoms. The summed E-state index contributed by atoms with van der Waals surface area (Å²) in [4.78, 5) is 10.3. The van der Waals surface area contributed by atoms with E-state index in [2.05, 4.69) is 142 Å². The molecule has 0 bridgehead atoms. The maximum absolute atomic E-state index is 5.27. The van der Waals surface area contributed by atoms with E-state index in [4.69, 9.17) is 9.97 Å². The first kappa shape index (κ1) is 23.0. The van der Waals surface area contributed by atoms with Gasteiger partial charge in [0.1, 0.15) is 5.65 Å². The summed E-state index contributed by atoms with van der Waals surface area (Å²) in [7, 11) is 0. The van der Waals surface area contributed by atoms with Gasteiger partial charge in [-0.3, -0.25) is 8.97 Å². The first-order chi connectivity index (χ1) is 20.8. The van der Waals surface area contributed by atoms with E-state index in [1.807, 2.05) is 12.1 Å². The Kier molecular flexibility index (Phi) is 4.87. The number of rotatable bonds is 3. The second-order valence-corrected chi connectivity index (χ2v) is 10.7. The van der Waals surface area contributed by atoms with Crippen molar-refractivity contribution < 1.29 is 0 Å². The molecule has 4 nitrogen and oxygen atoms in total. The molecule has 6 aromatic carbocycles. The maximum atomic E-state index is 5.27. The van der Waals surface area contributed by atoms with Gasteiger partial charge in [0, 0.05) is 16.2 Å². The Morgan fingerprint density at radius 3 is 1.76 bits per heavy atom. The van der Waals surface area contributed by atoms with E-state index in [9.17, 15) is 0 Å². The van der Waals surface area contributed by atoms with E-state index >= 15 is 0 Å². The molecular weight excluding hydrogens is 512 g/mol. The van der Waals surface area contributed by atoms with Crippen LogP contribution in [-0.2, 0) is 0 Å². The summed E-state index contributed by atoms with van der Waals surface area (Å²) in [5, 5.41) is 3.44. The van der Waals surface area contributed by atoms with Crippen molar-refractivity contribution in [1.82, 2.24) is 18.9 Å². The quantitative estimate of drug-likeness (QED) is 0.225.